The number of carbonyl (C=O) groups is 2. The number of hydrogen-bond acceptors (Lipinski definition) is 2. The van der Waals surface area contributed by atoms with E-state index in [4.69, 9.17) is 10.2 Å². The molecule has 0 fully saturated rings. The Morgan fingerprint density at radius 2 is 2.00 bits per heavy atom. The highest BCUT2D eigenvalue weighted by Crippen LogP contribution is 2.23. The monoisotopic (exact) mass is 233 g/mol. The molecule has 0 aliphatic heterocycles. The average Bonchev–Trinajstić information content (AvgIpc) is 2.54. The summed E-state index contributed by atoms with van der Waals surface area (Å²) < 4.78 is 1.50. The van der Waals surface area contributed by atoms with Gasteiger partial charge in [-0.1, -0.05) is 12.1 Å². The second-order valence-corrected chi connectivity index (χ2v) is 3.81. The molecule has 1 heterocycles. The summed E-state index contributed by atoms with van der Waals surface area (Å²) in [6.45, 7) is 1.52. The fraction of sp³-hybridized carbons (Fsp3) is 0.167. The van der Waals surface area contributed by atoms with Crippen LogP contribution in [0.25, 0.3) is 10.9 Å². The Kier molecular flexibility index (Phi) is 2.59. The van der Waals surface area contributed by atoms with Crippen LogP contribution in [0.4, 0.5) is 0 Å². The number of rotatable bonds is 3. The Labute approximate surface area is 96.9 Å². The number of nitrogens with zero attached hydrogens (tertiary/aromatic N) is 1. The van der Waals surface area contributed by atoms with Crippen LogP contribution in [0.5, 0.6) is 0 Å². The smallest absolute Gasteiger partial charge is 0.337 e. The van der Waals surface area contributed by atoms with Gasteiger partial charge >= 0.3 is 11.9 Å². The lowest BCUT2D eigenvalue weighted by Crippen LogP contribution is -2.11. The van der Waals surface area contributed by atoms with Crippen LogP contribution in [0.15, 0.2) is 24.3 Å². The van der Waals surface area contributed by atoms with E-state index in [0.717, 1.165) is 11.1 Å². The molecule has 88 valence electrons. The molecule has 0 radical (unpaired) electrons. The van der Waals surface area contributed by atoms with Crippen LogP contribution in [0, 0.1) is 6.92 Å². The van der Waals surface area contributed by atoms with Gasteiger partial charge in [0.15, 0.2) is 0 Å². The molecular formula is C12H11NO4. The fourth-order valence-corrected chi connectivity index (χ4v) is 1.97. The minimum absolute atomic E-state index is 0.122. The third-order valence-electron chi connectivity index (χ3n) is 2.65. The van der Waals surface area contributed by atoms with Crippen molar-refractivity contribution in [3.8, 4) is 0 Å². The number of fused-ring (bicyclic) bond motifs is 1. The zero-order chi connectivity index (χ0) is 12.6. The summed E-state index contributed by atoms with van der Waals surface area (Å²) >= 11 is 0. The van der Waals surface area contributed by atoms with Crippen LogP contribution < -0.4 is 0 Å². The number of aryl methyl sites for hydroxylation is 1. The number of aromatic nitrogens is 1. The summed E-state index contributed by atoms with van der Waals surface area (Å²) in [5, 5.41) is 18.7. The van der Waals surface area contributed by atoms with Gasteiger partial charge in [-0.3, -0.25) is 4.79 Å². The van der Waals surface area contributed by atoms with Crippen molar-refractivity contribution in [3.63, 3.8) is 0 Å². The highest BCUT2D eigenvalue weighted by molar-refractivity contribution is 6.03. The maximum atomic E-state index is 11.1. The molecule has 0 bridgehead atoms. The summed E-state index contributed by atoms with van der Waals surface area (Å²) in [4.78, 5) is 21.9. The molecule has 1 aromatic carbocycles. The predicted octanol–water partition coefficient (Wildman–Crippen LogP) is 1.73. The Balaban J connectivity index is 2.77. The van der Waals surface area contributed by atoms with Crippen molar-refractivity contribution in [2.24, 2.45) is 0 Å². The lowest BCUT2D eigenvalue weighted by atomic mass is 10.1. The zero-order valence-corrected chi connectivity index (χ0v) is 9.17. The second kappa shape index (κ2) is 3.93. The Morgan fingerprint density at radius 3 is 2.59 bits per heavy atom. The molecule has 0 unspecified atom stereocenters. The molecule has 0 saturated carbocycles. The van der Waals surface area contributed by atoms with Gasteiger partial charge in [0.05, 0.1) is 11.1 Å². The maximum absolute atomic E-state index is 11.1. The van der Waals surface area contributed by atoms with Gasteiger partial charge in [-0.15, -0.1) is 0 Å². The first kappa shape index (κ1) is 11.2. The Hall–Kier alpha value is -2.30. The van der Waals surface area contributed by atoms with Gasteiger partial charge in [0.1, 0.15) is 6.54 Å². The van der Waals surface area contributed by atoms with E-state index in [9.17, 15) is 9.59 Å². The molecule has 0 saturated heterocycles. The Morgan fingerprint density at radius 1 is 1.29 bits per heavy atom. The second-order valence-electron chi connectivity index (χ2n) is 3.81. The van der Waals surface area contributed by atoms with Crippen LogP contribution >= 0.6 is 0 Å². The number of hydrogen-bond donors (Lipinski definition) is 2. The number of carboxylic acid groups (broad SMARTS) is 2. The molecule has 17 heavy (non-hydrogen) atoms. The molecule has 0 amide bonds. The van der Waals surface area contributed by atoms with Crippen LogP contribution in [-0.4, -0.2) is 26.7 Å². The summed E-state index contributed by atoms with van der Waals surface area (Å²) in [7, 11) is 0. The quantitative estimate of drug-likeness (QED) is 0.846. The van der Waals surface area contributed by atoms with E-state index in [1.807, 2.05) is 0 Å². The molecule has 0 aliphatic carbocycles. The van der Waals surface area contributed by atoms with E-state index >= 15 is 0 Å². The van der Waals surface area contributed by atoms with E-state index in [-0.39, 0.29) is 12.1 Å². The minimum Gasteiger partial charge on any atom is -0.480 e. The van der Waals surface area contributed by atoms with Gasteiger partial charge in [-0.25, -0.2) is 4.79 Å². The van der Waals surface area contributed by atoms with Crippen LogP contribution in [0.1, 0.15) is 16.1 Å². The average molecular weight is 233 g/mol. The van der Waals surface area contributed by atoms with E-state index < -0.39 is 11.9 Å². The summed E-state index contributed by atoms with van der Waals surface area (Å²) in [6, 6.07) is 6.68. The Bertz CT molecular complexity index is 612. The predicted molar refractivity (Wildman–Crippen MR) is 61.3 cm³/mol. The molecule has 2 rings (SSSR count). The van der Waals surface area contributed by atoms with E-state index in [1.54, 1.807) is 25.1 Å². The highest BCUT2D eigenvalue weighted by Gasteiger charge is 2.15. The topological polar surface area (TPSA) is 79.5 Å². The van der Waals surface area contributed by atoms with E-state index in [2.05, 4.69) is 0 Å². The minimum atomic E-state index is -1.06. The number of aliphatic carboxylic acids is 1. The number of carboxylic acids is 2. The van der Waals surface area contributed by atoms with Gasteiger partial charge < -0.3 is 14.8 Å². The number of benzene rings is 1. The first-order valence-corrected chi connectivity index (χ1v) is 5.04. The van der Waals surface area contributed by atoms with Crippen molar-refractivity contribution >= 4 is 22.8 Å². The maximum Gasteiger partial charge on any atom is 0.337 e. The van der Waals surface area contributed by atoms with Gasteiger partial charge in [0, 0.05) is 11.1 Å². The lowest BCUT2D eigenvalue weighted by Gasteiger charge is -2.06. The van der Waals surface area contributed by atoms with E-state index in [0.29, 0.717) is 5.52 Å². The summed E-state index contributed by atoms with van der Waals surface area (Å²) in [6.07, 6.45) is 0. The molecule has 5 nitrogen and oxygen atoms in total. The standard InChI is InChI=1S/C12H11NO4/c1-7-5-8-3-2-4-9(12(16)17)11(8)13(7)6-10(14)15/h2-5H,6H2,1H3,(H,14,15)(H,16,17). The van der Waals surface area contributed by atoms with E-state index in [1.165, 1.54) is 10.6 Å². The first-order chi connectivity index (χ1) is 8.00. The van der Waals surface area contributed by atoms with Crippen LogP contribution in [0.2, 0.25) is 0 Å². The molecule has 2 aromatic rings. The molecular weight excluding hydrogens is 222 g/mol. The fourth-order valence-electron chi connectivity index (χ4n) is 1.97. The summed E-state index contributed by atoms with van der Waals surface area (Å²) in [5.41, 5.74) is 1.31. The van der Waals surface area contributed by atoms with Crippen molar-refractivity contribution in [1.82, 2.24) is 4.57 Å². The molecule has 5 heteroatoms. The molecule has 0 atom stereocenters. The summed E-state index contributed by atoms with van der Waals surface area (Å²) in [5.74, 6) is -2.05. The van der Waals surface area contributed by atoms with Crippen molar-refractivity contribution in [1.29, 1.82) is 0 Å². The normalized spacial score (nSPS) is 10.6. The van der Waals surface area contributed by atoms with Crippen LogP contribution in [-0.2, 0) is 11.3 Å². The third-order valence-corrected chi connectivity index (χ3v) is 2.65. The highest BCUT2D eigenvalue weighted by atomic mass is 16.4. The van der Waals surface area contributed by atoms with Crippen LogP contribution in [0.3, 0.4) is 0 Å². The third kappa shape index (κ3) is 1.87. The largest absolute Gasteiger partial charge is 0.480 e. The SMILES string of the molecule is Cc1cc2cccc(C(=O)O)c2n1CC(=O)O. The van der Waals surface area contributed by atoms with Gasteiger partial charge in [-0.05, 0) is 19.1 Å². The molecule has 0 aliphatic rings. The van der Waals surface area contributed by atoms with Crippen molar-refractivity contribution in [2.75, 3.05) is 0 Å². The zero-order valence-electron chi connectivity index (χ0n) is 9.17. The molecule has 1 aromatic heterocycles. The van der Waals surface area contributed by atoms with Crippen molar-refractivity contribution in [2.45, 2.75) is 13.5 Å². The van der Waals surface area contributed by atoms with Gasteiger partial charge in [0.2, 0.25) is 0 Å². The van der Waals surface area contributed by atoms with Gasteiger partial charge in [0.25, 0.3) is 0 Å². The number of aromatic carboxylic acids is 1. The van der Waals surface area contributed by atoms with Crippen molar-refractivity contribution in [3.05, 3.63) is 35.5 Å². The number of para-hydroxylation sites is 1. The first-order valence-electron chi connectivity index (χ1n) is 5.04. The van der Waals surface area contributed by atoms with Crippen molar-refractivity contribution < 1.29 is 19.8 Å². The molecule has 2 N–H and O–H groups in total. The van der Waals surface area contributed by atoms with Gasteiger partial charge in [-0.2, -0.15) is 0 Å². The molecule has 0 spiro atoms. The lowest BCUT2D eigenvalue weighted by molar-refractivity contribution is -0.137.